The molecule has 0 N–H and O–H groups in total. The molecule has 304 valence electrons. The Kier molecular flexibility index (Phi) is 17.3. The van der Waals surface area contributed by atoms with Gasteiger partial charge in [0.25, 0.3) is 0 Å². The Morgan fingerprint density at radius 3 is 1.05 bits per heavy atom. The molecule has 56 heavy (non-hydrogen) atoms. The fourth-order valence-electron chi connectivity index (χ4n) is 7.05. The van der Waals surface area contributed by atoms with Gasteiger partial charge in [0.1, 0.15) is 0 Å². The number of aromatic nitrogens is 2. The van der Waals surface area contributed by atoms with Crippen LogP contribution < -0.4 is 0 Å². The maximum atomic E-state index is 2.36. The van der Waals surface area contributed by atoms with Crippen LogP contribution in [0.15, 0.2) is 97.3 Å². The average Bonchev–Trinajstić information content (AvgIpc) is 3.68. The van der Waals surface area contributed by atoms with Crippen molar-refractivity contribution < 1.29 is 0 Å². The number of hydrogen-bond acceptors (Lipinski definition) is 0. The molecular formula is C54H78N2. The molecule has 0 aliphatic heterocycles. The van der Waals surface area contributed by atoms with E-state index in [-0.39, 0.29) is 0 Å². The first-order valence-electron chi connectivity index (χ1n) is 21.6. The van der Waals surface area contributed by atoms with Crippen LogP contribution in [0, 0.1) is 0 Å². The summed E-state index contributed by atoms with van der Waals surface area (Å²) in [5.41, 5.74) is 14.2. The molecule has 2 nitrogen and oxygen atoms in total. The van der Waals surface area contributed by atoms with Crippen molar-refractivity contribution in [2.45, 2.75) is 158 Å². The van der Waals surface area contributed by atoms with Gasteiger partial charge in [0.05, 0.1) is 0 Å². The zero-order chi connectivity index (χ0) is 42.0. The molecule has 0 spiro atoms. The Bertz CT molecular complexity index is 2020. The van der Waals surface area contributed by atoms with E-state index in [1.54, 1.807) is 0 Å². The van der Waals surface area contributed by atoms with Gasteiger partial charge < -0.3 is 9.13 Å². The van der Waals surface area contributed by atoms with Crippen LogP contribution in [-0.2, 0) is 14.1 Å². The highest BCUT2D eigenvalue weighted by Gasteiger charge is 2.12. The molecule has 6 aromatic rings. The first-order valence-corrected chi connectivity index (χ1v) is 21.6. The summed E-state index contributed by atoms with van der Waals surface area (Å²) in [6.45, 7) is 35.9. The zero-order valence-electron chi connectivity index (χ0n) is 38.8. The second-order valence-electron chi connectivity index (χ2n) is 18.5. The van der Waals surface area contributed by atoms with Crippen LogP contribution in [0.1, 0.15) is 203 Å². The fourth-order valence-corrected chi connectivity index (χ4v) is 7.05. The van der Waals surface area contributed by atoms with Crippen molar-refractivity contribution in [3.8, 4) is 0 Å². The minimum atomic E-state index is 0.589. The van der Waals surface area contributed by atoms with Crippen LogP contribution in [0.4, 0.5) is 0 Å². The normalized spacial score (nSPS) is 11.6. The summed E-state index contributed by atoms with van der Waals surface area (Å²) in [7, 11) is 4.27. The number of benzene rings is 4. The predicted octanol–water partition coefficient (Wildman–Crippen LogP) is 16.7. The Hall–Kier alpha value is -4.04. The number of hydrogen-bond donors (Lipinski definition) is 0. The Morgan fingerprint density at radius 2 is 0.643 bits per heavy atom. The highest BCUT2D eigenvalue weighted by molar-refractivity contribution is 5.86. The lowest BCUT2D eigenvalue weighted by atomic mass is 9.96. The van der Waals surface area contributed by atoms with Crippen LogP contribution >= 0.6 is 0 Å². The molecule has 0 bridgehead atoms. The van der Waals surface area contributed by atoms with Crippen LogP contribution in [0.3, 0.4) is 0 Å². The molecule has 0 aliphatic rings. The molecule has 2 aromatic heterocycles. The SMILES string of the molecule is CC(C)c1ccc(C(C)C)cc1.CC(C)c1ccc2c(C(C)C)cn(C)c2c1.CC(C)c1ccc2c(c1)c(C(C)C)cn2C.CC(C)c1cccc(C(C)C)c1. The van der Waals surface area contributed by atoms with E-state index < -0.39 is 0 Å². The molecule has 0 saturated carbocycles. The summed E-state index contributed by atoms with van der Waals surface area (Å²) >= 11 is 0. The minimum absolute atomic E-state index is 0.589. The van der Waals surface area contributed by atoms with Gasteiger partial charge in [-0.2, -0.15) is 0 Å². The van der Waals surface area contributed by atoms with Crippen molar-refractivity contribution in [3.63, 3.8) is 0 Å². The van der Waals surface area contributed by atoms with Crippen molar-refractivity contribution in [3.05, 3.63) is 142 Å². The maximum Gasteiger partial charge on any atom is 0.0483 e. The molecule has 0 saturated heterocycles. The Labute approximate surface area is 343 Å². The van der Waals surface area contributed by atoms with Gasteiger partial charge in [-0.3, -0.25) is 0 Å². The highest BCUT2D eigenvalue weighted by Crippen LogP contribution is 2.31. The van der Waals surface area contributed by atoms with E-state index in [2.05, 4.69) is 231 Å². The third-order valence-corrected chi connectivity index (χ3v) is 11.2. The number of rotatable bonds is 8. The lowest BCUT2D eigenvalue weighted by molar-refractivity contribution is 0.834. The summed E-state index contributed by atoms with van der Waals surface area (Å²) in [4.78, 5) is 0. The summed E-state index contributed by atoms with van der Waals surface area (Å²) in [5, 5.41) is 2.82. The van der Waals surface area contributed by atoms with E-state index in [4.69, 9.17) is 0 Å². The molecule has 0 radical (unpaired) electrons. The van der Waals surface area contributed by atoms with Crippen molar-refractivity contribution >= 4 is 21.8 Å². The Morgan fingerprint density at radius 1 is 0.304 bits per heavy atom. The summed E-state index contributed by atoms with van der Waals surface area (Å²) in [5.74, 6) is 4.95. The number of aryl methyl sites for hydroxylation is 2. The van der Waals surface area contributed by atoms with Crippen LogP contribution in [0.5, 0.6) is 0 Å². The van der Waals surface area contributed by atoms with Gasteiger partial charge in [-0.25, -0.2) is 0 Å². The molecule has 0 amide bonds. The second-order valence-corrected chi connectivity index (χ2v) is 18.5. The van der Waals surface area contributed by atoms with Gasteiger partial charge in [0.2, 0.25) is 0 Å². The van der Waals surface area contributed by atoms with Crippen molar-refractivity contribution in [1.82, 2.24) is 9.13 Å². The van der Waals surface area contributed by atoms with Gasteiger partial charge in [0.15, 0.2) is 0 Å². The van der Waals surface area contributed by atoms with Gasteiger partial charge in [0, 0.05) is 48.3 Å². The summed E-state index contributed by atoms with van der Waals surface area (Å²) in [6.07, 6.45) is 4.53. The van der Waals surface area contributed by atoms with E-state index in [0.717, 1.165) is 0 Å². The topological polar surface area (TPSA) is 9.86 Å². The van der Waals surface area contributed by atoms with E-state index >= 15 is 0 Å². The standard InChI is InChI=1S/2C15H21N.2C12H18/c1-10(2)12-6-7-15-13(8-12)14(11(3)4)9-16(15)5;1-10(2)12-6-7-13-14(11(3)4)9-16(5)15(13)8-12;1-9(2)11-5-7-12(8-6-11)10(3)4;1-9(2)11-6-5-7-12(8-11)10(3)4/h2*6-11H,1-5H3;2*5-10H,1-4H3. The lowest BCUT2D eigenvalue weighted by Crippen LogP contribution is -1.91. The average molecular weight is 755 g/mol. The quantitative estimate of drug-likeness (QED) is 0.146. The number of nitrogens with zero attached hydrogens (tertiary/aromatic N) is 2. The van der Waals surface area contributed by atoms with E-state index in [0.29, 0.717) is 47.3 Å². The molecule has 0 atom stereocenters. The van der Waals surface area contributed by atoms with Crippen molar-refractivity contribution in [1.29, 1.82) is 0 Å². The molecule has 2 heteroatoms. The first-order chi connectivity index (χ1) is 26.2. The molecule has 4 aromatic carbocycles. The zero-order valence-corrected chi connectivity index (χ0v) is 38.8. The van der Waals surface area contributed by atoms with E-state index in [9.17, 15) is 0 Å². The largest absolute Gasteiger partial charge is 0.350 e. The Balaban J connectivity index is 0.000000202. The summed E-state index contributed by atoms with van der Waals surface area (Å²) < 4.78 is 4.48. The monoisotopic (exact) mass is 755 g/mol. The third kappa shape index (κ3) is 12.5. The first kappa shape index (κ1) is 46.3. The smallest absolute Gasteiger partial charge is 0.0483 e. The fraction of sp³-hybridized carbons (Fsp3) is 0.481. The van der Waals surface area contributed by atoms with Crippen molar-refractivity contribution in [2.24, 2.45) is 14.1 Å². The molecule has 0 unspecified atom stereocenters. The molecule has 0 fully saturated rings. The van der Waals surface area contributed by atoms with Crippen molar-refractivity contribution in [2.75, 3.05) is 0 Å². The highest BCUT2D eigenvalue weighted by atomic mass is 14.9. The molecule has 0 aliphatic carbocycles. The van der Waals surface area contributed by atoms with Gasteiger partial charge in [-0.05, 0) is 110 Å². The predicted molar refractivity (Wildman–Crippen MR) is 251 cm³/mol. The second kappa shape index (κ2) is 20.9. The summed E-state index contributed by atoms with van der Waals surface area (Å²) in [6, 6.07) is 31.5. The molecular weight excluding hydrogens is 677 g/mol. The minimum Gasteiger partial charge on any atom is -0.350 e. The van der Waals surface area contributed by atoms with Crippen LogP contribution in [-0.4, -0.2) is 9.13 Å². The van der Waals surface area contributed by atoms with Gasteiger partial charge >= 0.3 is 0 Å². The van der Waals surface area contributed by atoms with E-state index in [1.165, 1.54) is 66.3 Å². The molecule has 6 rings (SSSR count). The lowest BCUT2D eigenvalue weighted by Gasteiger charge is -2.09. The van der Waals surface area contributed by atoms with Crippen LogP contribution in [0.2, 0.25) is 0 Å². The van der Waals surface area contributed by atoms with E-state index in [1.807, 2.05) is 0 Å². The number of fused-ring (bicyclic) bond motifs is 2. The molecule has 2 heterocycles. The maximum absolute atomic E-state index is 2.36. The van der Waals surface area contributed by atoms with Crippen LogP contribution in [0.25, 0.3) is 21.8 Å². The van der Waals surface area contributed by atoms with Gasteiger partial charge in [-0.1, -0.05) is 178 Å². The third-order valence-electron chi connectivity index (χ3n) is 11.2. The van der Waals surface area contributed by atoms with Gasteiger partial charge in [-0.15, -0.1) is 0 Å².